The van der Waals surface area contributed by atoms with Gasteiger partial charge in [0.2, 0.25) is 0 Å². The number of fused-ring (bicyclic) bond motifs is 1. The molecule has 1 amide bonds. The highest BCUT2D eigenvalue weighted by molar-refractivity contribution is 7.80. The molecule has 8 heteroatoms. The largest absolute Gasteiger partial charge is 0.377 e. The Kier molecular flexibility index (Phi) is 2.75. The van der Waals surface area contributed by atoms with E-state index >= 15 is 0 Å². The number of hydrogen-bond donors (Lipinski definition) is 2. The van der Waals surface area contributed by atoms with Gasteiger partial charge in [0.15, 0.2) is 5.82 Å². The van der Waals surface area contributed by atoms with Crippen molar-refractivity contribution in [2.45, 2.75) is 11.6 Å². The SMILES string of the molecule is COCc1nc2ncc(C(N)=O)c(S)n2n1. The van der Waals surface area contributed by atoms with Gasteiger partial charge in [0, 0.05) is 13.3 Å². The molecule has 0 saturated carbocycles. The van der Waals surface area contributed by atoms with E-state index in [9.17, 15) is 4.79 Å². The van der Waals surface area contributed by atoms with Crippen LogP contribution >= 0.6 is 12.6 Å². The summed E-state index contributed by atoms with van der Waals surface area (Å²) in [5, 5.41) is 4.39. The molecule has 0 saturated heterocycles. The van der Waals surface area contributed by atoms with Crippen LogP contribution in [0.1, 0.15) is 16.2 Å². The van der Waals surface area contributed by atoms with E-state index < -0.39 is 5.91 Å². The van der Waals surface area contributed by atoms with Crippen molar-refractivity contribution < 1.29 is 9.53 Å². The number of amides is 1. The van der Waals surface area contributed by atoms with Gasteiger partial charge in [-0.25, -0.2) is 4.98 Å². The molecule has 2 aromatic heterocycles. The first kappa shape index (κ1) is 10.8. The highest BCUT2D eigenvalue weighted by Crippen LogP contribution is 2.13. The summed E-state index contributed by atoms with van der Waals surface area (Å²) in [7, 11) is 1.54. The molecule has 0 aliphatic carbocycles. The van der Waals surface area contributed by atoms with E-state index in [0.717, 1.165) is 0 Å². The Hall–Kier alpha value is -1.67. The standard InChI is InChI=1S/C8H9N5O2S/c1-15-3-5-11-8-10-2-4(6(9)14)7(16)13(8)12-5/h2,16H,3H2,1H3,(H2,9,14). The third kappa shape index (κ3) is 1.72. The van der Waals surface area contributed by atoms with Crippen LogP contribution in [0.3, 0.4) is 0 Å². The van der Waals surface area contributed by atoms with Gasteiger partial charge in [0.1, 0.15) is 11.6 Å². The lowest BCUT2D eigenvalue weighted by Gasteiger charge is -2.00. The number of hydrogen-bond acceptors (Lipinski definition) is 6. The number of ether oxygens (including phenoxy) is 1. The summed E-state index contributed by atoms with van der Waals surface area (Å²) in [5.41, 5.74) is 5.36. The minimum absolute atomic E-state index is 0.199. The second-order valence-electron chi connectivity index (χ2n) is 3.03. The molecule has 0 unspecified atom stereocenters. The number of rotatable bonds is 3. The van der Waals surface area contributed by atoms with Crippen molar-refractivity contribution in [1.29, 1.82) is 0 Å². The molecule has 0 radical (unpaired) electrons. The average Bonchev–Trinajstić information content (AvgIpc) is 2.62. The Morgan fingerprint density at radius 1 is 1.69 bits per heavy atom. The molecule has 0 fully saturated rings. The lowest BCUT2D eigenvalue weighted by Crippen LogP contribution is -2.14. The first-order valence-corrected chi connectivity index (χ1v) is 4.80. The summed E-state index contributed by atoms with van der Waals surface area (Å²) in [6.45, 7) is 0.266. The summed E-state index contributed by atoms with van der Waals surface area (Å²) in [6.07, 6.45) is 1.32. The Morgan fingerprint density at radius 2 is 2.44 bits per heavy atom. The van der Waals surface area contributed by atoms with E-state index in [-0.39, 0.29) is 12.2 Å². The summed E-state index contributed by atoms with van der Waals surface area (Å²) >= 11 is 4.16. The second kappa shape index (κ2) is 4.06. The molecule has 0 aliphatic heterocycles. The fourth-order valence-corrected chi connectivity index (χ4v) is 1.53. The molecular formula is C8H9N5O2S. The number of nitrogens with zero attached hydrogens (tertiary/aromatic N) is 4. The molecule has 2 heterocycles. The Labute approximate surface area is 96.0 Å². The van der Waals surface area contributed by atoms with Crippen LogP contribution in [0, 0.1) is 0 Å². The summed E-state index contributed by atoms with van der Waals surface area (Å²) < 4.78 is 6.24. The third-order valence-corrected chi connectivity index (χ3v) is 2.35. The van der Waals surface area contributed by atoms with Crippen LogP contribution in [-0.4, -0.2) is 32.6 Å². The predicted molar refractivity (Wildman–Crippen MR) is 57.3 cm³/mol. The topological polar surface area (TPSA) is 95.4 Å². The molecule has 0 spiro atoms. The minimum atomic E-state index is -0.608. The number of carbonyl (C=O) groups excluding carboxylic acids is 1. The number of aromatic nitrogens is 4. The second-order valence-corrected chi connectivity index (χ2v) is 3.46. The predicted octanol–water partition coefficient (Wildman–Crippen LogP) is -0.342. The van der Waals surface area contributed by atoms with E-state index in [4.69, 9.17) is 10.5 Å². The van der Waals surface area contributed by atoms with Crippen LogP contribution in [0.15, 0.2) is 11.2 Å². The number of primary amides is 1. The molecule has 2 aromatic rings. The van der Waals surface area contributed by atoms with Crippen LogP contribution in [0.5, 0.6) is 0 Å². The summed E-state index contributed by atoms with van der Waals surface area (Å²) in [5.74, 6) is 0.206. The fraction of sp³-hybridized carbons (Fsp3) is 0.250. The highest BCUT2D eigenvalue weighted by Gasteiger charge is 2.13. The van der Waals surface area contributed by atoms with Gasteiger partial charge in [-0.3, -0.25) is 4.79 Å². The molecule has 0 aromatic carbocycles. The zero-order valence-electron chi connectivity index (χ0n) is 8.41. The van der Waals surface area contributed by atoms with Gasteiger partial charge in [-0.05, 0) is 0 Å². The summed E-state index contributed by atoms with van der Waals surface area (Å²) in [4.78, 5) is 19.1. The molecule has 0 bridgehead atoms. The average molecular weight is 239 g/mol. The van der Waals surface area contributed by atoms with Gasteiger partial charge in [0.25, 0.3) is 11.7 Å². The highest BCUT2D eigenvalue weighted by atomic mass is 32.1. The molecule has 2 N–H and O–H groups in total. The van der Waals surface area contributed by atoms with Crippen LogP contribution in [-0.2, 0) is 11.3 Å². The van der Waals surface area contributed by atoms with Crippen molar-refractivity contribution in [3.8, 4) is 0 Å². The number of carbonyl (C=O) groups is 1. The maximum atomic E-state index is 11.0. The summed E-state index contributed by atoms with van der Waals surface area (Å²) in [6, 6.07) is 0. The van der Waals surface area contributed by atoms with Gasteiger partial charge < -0.3 is 10.5 Å². The van der Waals surface area contributed by atoms with Gasteiger partial charge in [-0.1, -0.05) is 0 Å². The van der Waals surface area contributed by atoms with Crippen LogP contribution < -0.4 is 5.73 Å². The first-order valence-electron chi connectivity index (χ1n) is 4.36. The van der Waals surface area contributed by atoms with Gasteiger partial charge in [0.05, 0.1) is 5.56 Å². The smallest absolute Gasteiger partial charge is 0.253 e. The number of nitrogens with two attached hydrogens (primary N) is 1. The monoisotopic (exact) mass is 239 g/mol. The normalized spacial score (nSPS) is 10.9. The Bertz CT molecular complexity index is 553. The third-order valence-electron chi connectivity index (χ3n) is 1.92. The molecule has 16 heavy (non-hydrogen) atoms. The van der Waals surface area contributed by atoms with E-state index in [1.807, 2.05) is 0 Å². The van der Waals surface area contributed by atoms with Crippen molar-refractivity contribution in [2.75, 3.05) is 7.11 Å². The molecular weight excluding hydrogens is 230 g/mol. The fourth-order valence-electron chi connectivity index (χ4n) is 1.23. The lowest BCUT2D eigenvalue weighted by molar-refractivity contribution is 0.0996. The number of methoxy groups -OCH3 is 1. The molecule has 7 nitrogen and oxygen atoms in total. The van der Waals surface area contributed by atoms with Crippen molar-refractivity contribution in [2.24, 2.45) is 5.73 Å². The van der Waals surface area contributed by atoms with E-state index in [1.165, 1.54) is 17.8 Å². The minimum Gasteiger partial charge on any atom is -0.377 e. The van der Waals surface area contributed by atoms with Gasteiger partial charge >= 0.3 is 0 Å². The van der Waals surface area contributed by atoms with Crippen molar-refractivity contribution >= 4 is 24.3 Å². The van der Waals surface area contributed by atoms with Crippen LogP contribution in [0.25, 0.3) is 5.78 Å². The Balaban J connectivity index is 2.60. The molecule has 84 valence electrons. The van der Waals surface area contributed by atoms with E-state index in [2.05, 4.69) is 27.7 Å². The Morgan fingerprint density at radius 3 is 3.06 bits per heavy atom. The van der Waals surface area contributed by atoms with E-state index in [0.29, 0.717) is 16.6 Å². The lowest BCUT2D eigenvalue weighted by atomic mass is 10.3. The van der Waals surface area contributed by atoms with Gasteiger partial charge in [-0.2, -0.15) is 9.50 Å². The molecule has 0 aliphatic rings. The maximum absolute atomic E-state index is 11.0. The van der Waals surface area contributed by atoms with Crippen LogP contribution in [0.2, 0.25) is 0 Å². The van der Waals surface area contributed by atoms with Crippen molar-refractivity contribution in [3.63, 3.8) is 0 Å². The quantitative estimate of drug-likeness (QED) is 0.564. The van der Waals surface area contributed by atoms with Crippen LogP contribution in [0.4, 0.5) is 0 Å². The zero-order chi connectivity index (χ0) is 11.7. The molecule has 0 atom stereocenters. The van der Waals surface area contributed by atoms with E-state index in [1.54, 1.807) is 0 Å². The zero-order valence-corrected chi connectivity index (χ0v) is 9.31. The number of thiol groups is 1. The van der Waals surface area contributed by atoms with Crippen molar-refractivity contribution in [3.05, 3.63) is 17.6 Å². The van der Waals surface area contributed by atoms with Gasteiger partial charge in [-0.15, -0.1) is 17.7 Å². The molecule has 2 rings (SSSR count). The first-order chi connectivity index (χ1) is 7.63. The van der Waals surface area contributed by atoms with Crippen molar-refractivity contribution in [1.82, 2.24) is 19.6 Å². The maximum Gasteiger partial charge on any atom is 0.253 e.